The van der Waals surface area contributed by atoms with Crippen LogP contribution in [0.1, 0.15) is 21.6 Å². The van der Waals surface area contributed by atoms with Crippen molar-refractivity contribution in [2.75, 3.05) is 5.32 Å². The van der Waals surface area contributed by atoms with Gasteiger partial charge < -0.3 is 10.1 Å². The number of carbonyl (C=O) groups is 1. The molecule has 0 saturated heterocycles. The highest BCUT2D eigenvalue weighted by atomic mass is 35.5. The largest absolute Gasteiger partial charge is 0.438 e. The van der Waals surface area contributed by atoms with Crippen molar-refractivity contribution in [2.45, 2.75) is 12.4 Å². The van der Waals surface area contributed by atoms with E-state index >= 15 is 0 Å². The lowest BCUT2D eigenvalue weighted by molar-refractivity contribution is -0.138. The van der Waals surface area contributed by atoms with Gasteiger partial charge >= 0.3 is 12.4 Å². The van der Waals surface area contributed by atoms with Crippen LogP contribution in [0.25, 0.3) is 5.82 Å². The molecule has 0 radical (unpaired) electrons. The Morgan fingerprint density at radius 3 is 2.03 bits per heavy atom. The first-order valence-electron chi connectivity index (χ1n) is 10.1. The number of rotatable bonds is 5. The molecule has 0 unspecified atom stereocenters. The maximum Gasteiger partial charge on any atom is 0.417 e. The summed E-state index contributed by atoms with van der Waals surface area (Å²) in [6, 6.07) is 10.0. The minimum atomic E-state index is -4.63. The number of amides is 1. The molecule has 0 fully saturated rings. The highest BCUT2D eigenvalue weighted by Gasteiger charge is 2.33. The van der Waals surface area contributed by atoms with Crippen molar-refractivity contribution in [3.05, 3.63) is 94.0 Å². The zero-order valence-electron chi connectivity index (χ0n) is 18.0. The number of anilines is 1. The highest BCUT2D eigenvalue weighted by Crippen LogP contribution is 2.35. The Balaban J connectivity index is 1.48. The Hall–Kier alpha value is -3.77. The molecule has 37 heavy (non-hydrogen) atoms. The molecule has 0 spiro atoms. The summed E-state index contributed by atoms with van der Waals surface area (Å²) in [7, 11) is 0. The predicted molar refractivity (Wildman–Crippen MR) is 122 cm³/mol. The van der Waals surface area contributed by atoms with Crippen molar-refractivity contribution < 1.29 is 35.9 Å². The minimum Gasteiger partial charge on any atom is -0.438 e. The molecule has 0 bridgehead atoms. The van der Waals surface area contributed by atoms with Crippen molar-refractivity contribution in [1.29, 1.82) is 0 Å². The van der Waals surface area contributed by atoms with Gasteiger partial charge in [0.1, 0.15) is 16.5 Å². The van der Waals surface area contributed by atoms with E-state index in [2.05, 4.69) is 15.3 Å². The normalized spacial score (nSPS) is 11.9. The molecule has 0 atom stereocenters. The average Bonchev–Trinajstić information content (AvgIpc) is 3.30. The van der Waals surface area contributed by atoms with Gasteiger partial charge in [0.05, 0.1) is 16.1 Å². The van der Waals surface area contributed by atoms with Crippen LogP contribution in [0, 0.1) is 0 Å². The molecule has 3 aromatic heterocycles. The minimum absolute atomic E-state index is 0.0372. The molecule has 4 rings (SSSR count). The molecule has 0 saturated carbocycles. The van der Waals surface area contributed by atoms with Crippen LogP contribution in [0.2, 0.25) is 10.0 Å². The van der Waals surface area contributed by atoms with Gasteiger partial charge in [0.2, 0.25) is 5.88 Å². The molecule has 4 aromatic rings. The van der Waals surface area contributed by atoms with Crippen molar-refractivity contribution in [2.24, 2.45) is 0 Å². The SMILES string of the molecule is O=C(Nc1ccc(Oc2ncc(C(F)(F)F)cc2Cl)cc1)c1cccn1-c1ncc(C(F)(F)F)cc1Cl. The quantitative estimate of drug-likeness (QED) is 0.254. The molecule has 1 N–H and O–H groups in total. The molecule has 0 aliphatic carbocycles. The summed E-state index contributed by atoms with van der Waals surface area (Å²) in [6.45, 7) is 0. The standard InChI is InChI=1S/C23H12Cl2F6N4O2/c24-16-8-12(22(26,27)28)10-32-19(16)35-7-1-2-18(35)20(36)34-14-3-5-15(6-4-14)37-21-17(25)9-13(11-33-21)23(29,30)31/h1-11H,(H,34,36). The fourth-order valence-corrected chi connectivity index (χ4v) is 3.54. The molecule has 1 amide bonds. The van der Waals surface area contributed by atoms with Gasteiger partial charge in [-0.1, -0.05) is 23.2 Å². The fraction of sp³-hybridized carbons (Fsp3) is 0.0870. The monoisotopic (exact) mass is 560 g/mol. The number of carbonyl (C=O) groups excluding carboxylic acids is 1. The van der Waals surface area contributed by atoms with Crippen molar-refractivity contribution in [3.8, 4) is 17.4 Å². The van der Waals surface area contributed by atoms with E-state index < -0.39 is 29.4 Å². The number of benzene rings is 1. The van der Waals surface area contributed by atoms with Gasteiger partial charge in [-0.25, -0.2) is 9.97 Å². The van der Waals surface area contributed by atoms with Crippen LogP contribution in [-0.4, -0.2) is 20.4 Å². The molecular weight excluding hydrogens is 549 g/mol. The first-order chi connectivity index (χ1) is 17.3. The van der Waals surface area contributed by atoms with E-state index in [4.69, 9.17) is 27.9 Å². The van der Waals surface area contributed by atoms with Gasteiger partial charge in [-0.3, -0.25) is 9.36 Å². The lowest BCUT2D eigenvalue weighted by Gasteiger charge is -2.13. The second kappa shape index (κ2) is 9.94. The van der Waals surface area contributed by atoms with E-state index in [0.717, 1.165) is 0 Å². The number of nitrogens with zero attached hydrogens (tertiary/aromatic N) is 3. The maximum absolute atomic E-state index is 12.9. The third-order valence-corrected chi connectivity index (χ3v) is 5.37. The highest BCUT2D eigenvalue weighted by molar-refractivity contribution is 6.32. The topological polar surface area (TPSA) is 69.0 Å². The molecule has 14 heteroatoms. The maximum atomic E-state index is 12.9. The molecule has 0 aliphatic heterocycles. The van der Waals surface area contributed by atoms with Crippen molar-refractivity contribution in [1.82, 2.24) is 14.5 Å². The van der Waals surface area contributed by atoms with E-state index in [1.54, 1.807) is 0 Å². The van der Waals surface area contributed by atoms with E-state index in [1.807, 2.05) is 0 Å². The van der Waals surface area contributed by atoms with Gasteiger partial charge in [0.25, 0.3) is 5.91 Å². The number of hydrogen-bond acceptors (Lipinski definition) is 4. The lowest BCUT2D eigenvalue weighted by Crippen LogP contribution is -2.17. The first-order valence-corrected chi connectivity index (χ1v) is 10.8. The van der Waals surface area contributed by atoms with Gasteiger partial charge in [-0.15, -0.1) is 0 Å². The van der Waals surface area contributed by atoms with Gasteiger partial charge in [-0.05, 0) is 48.5 Å². The number of alkyl halides is 6. The van der Waals surface area contributed by atoms with Crippen LogP contribution in [0.5, 0.6) is 11.6 Å². The molecule has 192 valence electrons. The van der Waals surface area contributed by atoms with Gasteiger partial charge in [0, 0.05) is 24.3 Å². The van der Waals surface area contributed by atoms with Crippen LogP contribution < -0.4 is 10.1 Å². The smallest absolute Gasteiger partial charge is 0.417 e. The summed E-state index contributed by atoms with van der Waals surface area (Å²) in [5, 5.41) is 1.95. The third-order valence-electron chi connectivity index (χ3n) is 4.82. The van der Waals surface area contributed by atoms with Gasteiger partial charge in [0.15, 0.2) is 5.82 Å². The number of pyridine rings is 2. The Morgan fingerprint density at radius 2 is 1.46 bits per heavy atom. The lowest BCUT2D eigenvalue weighted by atomic mass is 10.2. The first kappa shape index (κ1) is 26.3. The molecule has 6 nitrogen and oxygen atoms in total. The van der Waals surface area contributed by atoms with Crippen molar-refractivity contribution >= 4 is 34.8 Å². The summed E-state index contributed by atoms with van der Waals surface area (Å²) >= 11 is 11.8. The zero-order valence-corrected chi connectivity index (χ0v) is 19.5. The summed E-state index contributed by atoms with van der Waals surface area (Å²) in [5.41, 5.74) is -1.71. The number of nitrogens with one attached hydrogen (secondary N) is 1. The Kier molecular flexibility index (Phi) is 7.07. The van der Waals surface area contributed by atoms with E-state index in [0.29, 0.717) is 30.2 Å². The summed E-state index contributed by atoms with van der Waals surface area (Å²) in [4.78, 5) is 20.1. The number of ether oxygens (including phenoxy) is 1. The molecular formula is C23H12Cl2F6N4O2. The second-order valence-corrected chi connectivity index (χ2v) is 8.19. The van der Waals surface area contributed by atoms with E-state index in [-0.39, 0.29) is 33.2 Å². The zero-order chi connectivity index (χ0) is 27.0. The third kappa shape index (κ3) is 5.97. The van der Waals surface area contributed by atoms with Crippen LogP contribution >= 0.6 is 23.2 Å². The van der Waals surface area contributed by atoms with Gasteiger partial charge in [-0.2, -0.15) is 26.3 Å². The molecule has 1 aromatic carbocycles. The van der Waals surface area contributed by atoms with E-state index in [9.17, 15) is 31.1 Å². The Labute approximate surface area is 214 Å². The number of hydrogen-bond donors (Lipinski definition) is 1. The molecule has 0 aliphatic rings. The second-order valence-electron chi connectivity index (χ2n) is 7.38. The summed E-state index contributed by atoms with van der Waals surface area (Å²) in [6.07, 6.45) is -6.63. The fourth-order valence-electron chi connectivity index (χ4n) is 3.08. The molecule has 3 heterocycles. The van der Waals surface area contributed by atoms with Crippen LogP contribution in [0.3, 0.4) is 0 Å². The van der Waals surface area contributed by atoms with Crippen molar-refractivity contribution in [3.63, 3.8) is 0 Å². The van der Waals surface area contributed by atoms with E-state index in [1.165, 1.54) is 47.2 Å². The predicted octanol–water partition coefficient (Wildman–Crippen LogP) is 7.66. The van der Waals surface area contributed by atoms with Crippen LogP contribution in [-0.2, 0) is 12.4 Å². The Morgan fingerprint density at radius 1 is 0.865 bits per heavy atom. The number of halogens is 8. The Bertz CT molecular complexity index is 1450. The number of aromatic nitrogens is 3. The summed E-state index contributed by atoms with van der Waals surface area (Å²) in [5.74, 6) is -0.764. The summed E-state index contributed by atoms with van der Waals surface area (Å²) < 4.78 is 83.6. The average molecular weight is 561 g/mol. The van der Waals surface area contributed by atoms with Crippen LogP contribution in [0.15, 0.2) is 67.1 Å². The van der Waals surface area contributed by atoms with Crippen LogP contribution in [0.4, 0.5) is 32.0 Å².